The second kappa shape index (κ2) is 32.2. The summed E-state index contributed by atoms with van der Waals surface area (Å²) in [5, 5.41) is 0. The van der Waals surface area contributed by atoms with Crippen LogP contribution in [0.25, 0.3) is 0 Å². The summed E-state index contributed by atoms with van der Waals surface area (Å²) in [6, 6.07) is 0. The third kappa shape index (κ3) is 32.1. The molecule has 224 valence electrons. The summed E-state index contributed by atoms with van der Waals surface area (Å²) in [6.45, 7) is 13.4. The number of rotatable bonds is 32. The molecule has 0 unspecified atom stereocenters. The molecule has 0 saturated carbocycles. The topological polar surface area (TPSA) is 3.24 Å². The zero-order valence-electron chi connectivity index (χ0n) is 26.9. The molecule has 1 nitrogen and oxygen atoms in total. The van der Waals surface area contributed by atoms with Crippen molar-refractivity contribution in [2.24, 2.45) is 5.92 Å². The van der Waals surface area contributed by atoms with Crippen LogP contribution in [0, 0.1) is 5.92 Å². The Labute approximate surface area is 237 Å². The van der Waals surface area contributed by atoms with Gasteiger partial charge in [0.25, 0.3) is 0 Å². The summed E-state index contributed by atoms with van der Waals surface area (Å²) in [4.78, 5) is 2.82. The maximum atomic E-state index is 2.82. The zero-order valence-corrected chi connectivity index (χ0v) is 26.9. The zero-order chi connectivity index (χ0) is 27.1. The summed E-state index contributed by atoms with van der Waals surface area (Å²) >= 11 is 0. The van der Waals surface area contributed by atoms with E-state index in [-0.39, 0.29) is 0 Å². The normalized spacial score (nSPS) is 11.8. The van der Waals surface area contributed by atoms with Gasteiger partial charge in [-0.2, -0.15) is 0 Å². The Morgan fingerprint density at radius 3 is 0.838 bits per heavy atom. The molecule has 0 aromatic rings. The molecule has 0 bridgehead atoms. The van der Waals surface area contributed by atoms with Crippen molar-refractivity contribution < 1.29 is 0 Å². The fourth-order valence-corrected chi connectivity index (χ4v) is 5.76. The summed E-state index contributed by atoms with van der Waals surface area (Å²) in [5.74, 6) is 0.856. The molecule has 0 aliphatic heterocycles. The van der Waals surface area contributed by atoms with Gasteiger partial charge in [-0.1, -0.05) is 182 Å². The third-order valence-corrected chi connectivity index (χ3v) is 8.41. The minimum atomic E-state index is 0.856. The number of unbranched alkanes of at least 4 members (excludes halogenated alkanes) is 24. The molecule has 1 heteroatoms. The van der Waals surface area contributed by atoms with Crippen LogP contribution >= 0.6 is 0 Å². The van der Waals surface area contributed by atoms with Crippen molar-refractivity contribution in [1.29, 1.82) is 0 Å². The largest absolute Gasteiger partial charge is 0.303 e. The van der Waals surface area contributed by atoms with Crippen molar-refractivity contribution in [2.75, 3.05) is 19.6 Å². The Morgan fingerprint density at radius 2 is 0.568 bits per heavy atom. The van der Waals surface area contributed by atoms with Gasteiger partial charge in [-0.3, -0.25) is 0 Å². The highest BCUT2D eigenvalue weighted by molar-refractivity contribution is 4.61. The summed E-state index contributed by atoms with van der Waals surface area (Å²) in [6.07, 6.45) is 40.7. The van der Waals surface area contributed by atoms with Gasteiger partial charge in [0.05, 0.1) is 0 Å². The lowest BCUT2D eigenvalue weighted by molar-refractivity contribution is 0.251. The van der Waals surface area contributed by atoms with E-state index in [1.807, 2.05) is 0 Å². The molecule has 0 heterocycles. The summed E-state index contributed by atoms with van der Waals surface area (Å²) in [7, 11) is 0. The van der Waals surface area contributed by atoms with Crippen LogP contribution in [0.5, 0.6) is 0 Å². The Balaban J connectivity index is 3.66. The molecule has 0 saturated heterocycles. The van der Waals surface area contributed by atoms with Crippen LogP contribution in [0.1, 0.15) is 207 Å². The second-order valence-corrected chi connectivity index (χ2v) is 12.9. The van der Waals surface area contributed by atoms with Gasteiger partial charge in [0.1, 0.15) is 0 Å². The monoisotopic (exact) mass is 522 g/mol. The lowest BCUT2D eigenvalue weighted by atomic mass is 10.0. The molecule has 0 rings (SSSR count). The first-order valence-corrected chi connectivity index (χ1v) is 17.9. The molecule has 0 fully saturated rings. The molecule has 0 amide bonds. The second-order valence-electron chi connectivity index (χ2n) is 12.9. The number of hydrogen-bond acceptors (Lipinski definition) is 1. The molecule has 0 radical (unpaired) electrons. The SMILES string of the molecule is CCCCCCCCCCCCCCCN(CCCCCCCCCCCCCCC)CCCC(C)C. The Hall–Kier alpha value is -0.0400. The quantitative estimate of drug-likeness (QED) is 0.0795. The van der Waals surface area contributed by atoms with Crippen LogP contribution in [-0.2, 0) is 0 Å². The van der Waals surface area contributed by atoms with E-state index in [4.69, 9.17) is 0 Å². The average Bonchev–Trinajstić information content (AvgIpc) is 2.88. The molecule has 0 aliphatic rings. The maximum absolute atomic E-state index is 2.82. The lowest BCUT2D eigenvalue weighted by Crippen LogP contribution is -2.27. The van der Waals surface area contributed by atoms with E-state index in [0.29, 0.717) is 0 Å². The highest BCUT2D eigenvalue weighted by Crippen LogP contribution is 2.15. The predicted molar refractivity (Wildman–Crippen MR) is 172 cm³/mol. The highest BCUT2D eigenvalue weighted by atomic mass is 15.1. The Bertz CT molecular complexity index is 360. The molecule has 0 aliphatic carbocycles. The molecule has 0 aromatic heterocycles. The van der Waals surface area contributed by atoms with Gasteiger partial charge >= 0.3 is 0 Å². The van der Waals surface area contributed by atoms with Crippen molar-refractivity contribution in [3.8, 4) is 0 Å². The smallest absolute Gasteiger partial charge is 0.00186 e. The standard InChI is InChI=1S/C36H75N/c1-5-7-9-11-13-15-17-19-21-23-25-27-29-33-37(35-31-32-36(3)4)34-30-28-26-24-22-20-18-16-14-12-10-8-6-2/h36H,5-35H2,1-4H3. The van der Waals surface area contributed by atoms with Crippen molar-refractivity contribution in [3.05, 3.63) is 0 Å². The molecule has 37 heavy (non-hydrogen) atoms. The van der Waals surface area contributed by atoms with E-state index >= 15 is 0 Å². The molecule has 0 atom stereocenters. The van der Waals surface area contributed by atoms with E-state index in [1.165, 1.54) is 199 Å². The van der Waals surface area contributed by atoms with Crippen LogP contribution in [-0.4, -0.2) is 24.5 Å². The van der Waals surface area contributed by atoms with E-state index in [2.05, 4.69) is 32.6 Å². The van der Waals surface area contributed by atoms with Crippen molar-refractivity contribution in [3.63, 3.8) is 0 Å². The van der Waals surface area contributed by atoms with Crippen LogP contribution < -0.4 is 0 Å². The molecule has 0 spiro atoms. The van der Waals surface area contributed by atoms with Gasteiger partial charge in [-0.05, 0) is 51.2 Å². The van der Waals surface area contributed by atoms with Crippen molar-refractivity contribution in [2.45, 2.75) is 207 Å². The minimum absolute atomic E-state index is 0.856. The van der Waals surface area contributed by atoms with Gasteiger partial charge in [0.2, 0.25) is 0 Å². The van der Waals surface area contributed by atoms with Crippen molar-refractivity contribution in [1.82, 2.24) is 4.90 Å². The number of nitrogens with zero attached hydrogens (tertiary/aromatic N) is 1. The third-order valence-electron chi connectivity index (χ3n) is 8.41. The first kappa shape index (κ1) is 37.0. The average molecular weight is 522 g/mol. The summed E-state index contributed by atoms with van der Waals surface area (Å²) < 4.78 is 0. The minimum Gasteiger partial charge on any atom is -0.303 e. The fraction of sp³-hybridized carbons (Fsp3) is 1.00. The molecular formula is C36H75N. The van der Waals surface area contributed by atoms with Crippen LogP contribution in [0.3, 0.4) is 0 Å². The molecular weight excluding hydrogens is 446 g/mol. The van der Waals surface area contributed by atoms with Crippen LogP contribution in [0.2, 0.25) is 0 Å². The predicted octanol–water partition coefficient (Wildman–Crippen LogP) is 12.9. The van der Waals surface area contributed by atoms with E-state index in [1.54, 1.807) is 0 Å². The Morgan fingerprint density at radius 1 is 0.324 bits per heavy atom. The first-order valence-electron chi connectivity index (χ1n) is 17.9. The van der Waals surface area contributed by atoms with Gasteiger partial charge in [-0.15, -0.1) is 0 Å². The molecule has 0 aromatic carbocycles. The van der Waals surface area contributed by atoms with Gasteiger partial charge < -0.3 is 4.90 Å². The maximum Gasteiger partial charge on any atom is -0.00186 e. The number of hydrogen-bond donors (Lipinski definition) is 0. The van der Waals surface area contributed by atoms with Crippen LogP contribution in [0.15, 0.2) is 0 Å². The van der Waals surface area contributed by atoms with Gasteiger partial charge in [0, 0.05) is 0 Å². The van der Waals surface area contributed by atoms with Crippen LogP contribution in [0.4, 0.5) is 0 Å². The van der Waals surface area contributed by atoms with E-state index in [0.717, 1.165) is 5.92 Å². The highest BCUT2D eigenvalue weighted by Gasteiger charge is 2.06. The van der Waals surface area contributed by atoms with E-state index in [9.17, 15) is 0 Å². The summed E-state index contributed by atoms with van der Waals surface area (Å²) in [5.41, 5.74) is 0. The lowest BCUT2D eigenvalue weighted by Gasteiger charge is -2.23. The fourth-order valence-electron chi connectivity index (χ4n) is 5.76. The first-order chi connectivity index (χ1) is 18.2. The molecule has 0 N–H and O–H groups in total. The van der Waals surface area contributed by atoms with E-state index < -0.39 is 0 Å². The van der Waals surface area contributed by atoms with Gasteiger partial charge in [0.15, 0.2) is 0 Å². The van der Waals surface area contributed by atoms with Crippen molar-refractivity contribution >= 4 is 0 Å². The van der Waals surface area contributed by atoms with Gasteiger partial charge in [-0.25, -0.2) is 0 Å². The Kier molecular flexibility index (Phi) is 32.1.